The number of aryl methyl sites for hydroxylation is 1. The smallest absolute Gasteiger partial charge is 0.268 e. The van der Waals surface area contributed by atoms with Gasteiger partial charge in [-0.3, -0.25) is 4.79 Å². The molecule has 4 rings (SSSR count). The van der Waals surface area contributed by atoms with E-state index in [4.69, 9.17) is 14.9 Å². The van der Waals surface area contributed by atoms with E-state index < -0.39 is 12.0 Å². The van der Waals surface area contributed by atoms with Gasteiger partial charge < -0.3 is 20.0 Å². The number of aliphatic hydroxyl groups is 1. The number of para-hydroxylation sites is 1. The first-order chi connectivity index (χ1) is 15.0. The Hall–Kier alpha value is -4.22. The highest BCUT2D eigenvalue weighted by molar-refractivity contribution is 6.05. The molecular weight excluding hydrogens is 396 g/mol. The molecule has 0 spiro atoms. The first kappa shape index (κ1) is 20.1. The molecule has 2 heterocycles. The molecule has 0 fully saturated rings. The summed E-state index contributed by atoms with van der Waals surface area (Å²) in [5, 5.41) is 10.6. The Morgan fingerprint density at radius 1 is 1.23 bits per heavy atom. The number of oxazole rings is 1. The van der Waals surface area contributed by atoms with Crippen molar-refractivity contribution in [3.63, 3.8) is 0 Å². The van der Waals surface area contributed by atoms with E-state index in [-0.39, 0.29) is 11.6 Å². The first-order valence-corrected chi connectivity index (χ1v) is 9.33. The predicted octanol–water partition coefficient (Wildman–Crippen LogP) is 2.79. The zero-order valence-corrected chi connectivity index (χ0v) is 16.8. The Balaban J connectivity index is 1.76. The van der Waals surface area contributed by atoms with Crippen molar-refractivity contribution in [3.05, 3.63) is 71.6 Å². The molecular formula is C23H18N4O4. The van der Waals surface area contributed by atoms with Crippen molar-refractivity contribution in [2.45, 2.75) is 13.0 Å². The molecule has 8 heteroatoms. The summed E-state index contributed by atoms with van der Waals surface area (Å²) >= 11 is 0. The van der Waals surface area contributed by atoms with E-state index in [0.717, 1.165) is 0 Å². The van der Waals surface area contributed by atoms with Gasteiger partial charge in [-0.15, -0.1) is 0 Å². The summed E-state index contributed by atoms with van der Waals surface area (Å²) in [6.07, 6.45) is 0.364. The number of fused-ring (bicyclic) bond motifs is 1. The zero-order valence-electron chi connectivity index (χ0n) is 16.8. The van der Waals surface area contributed by atoms with E-state index in [9.17, 15) is 9.90 Å². The van der Waals surface area contributed by atoms with Crippen LogP contribution >= 0.6 is 0 Å². The van der Waals surface area contributed by atoms with Gasteiger partial charge in [0.15, 0.2) is 11.9 Å². The fourth-order valence-corrected chi connectivity index (χ4v) is 3.06. The largest absolute Gasteiger partial charge is 0.494 e. The maximum Gasteiger partial charge on any atom is 0.268 e. The average Bonchev–Trinajstić information content (AvgIpc) is 3.22. The van der Waals surface area contributed by atoms with Crippen LogP contribution in [0.5, 0.6) is 5.75 Å². The maximum atomic E-state index is 12.0. The second-order valence-corrected chi connectivity index (χ2v) is 6.68. The summed E-state index contributed by atoms with van der Waals surface area (Å²) in [4.78, 5) is 24.9. The van der Waals surface area contributed by atoms with Gasteiger partial charge in [-0.05, 0) is 25.1 Å². The number of carbonyl (C=O) groups is 1. The third kappa shape index (κ3) is 4.08. The van der Waals surface area contributed by atoms with Gasteiger partial charge >= 0.3 is 0 Å². The lowest BCUT2D eigenvalue weighted by atomic mass is 10.1. The van der Waals surface area contributed by atoms with Crippen molar-refractivity contribution in [3.8, 4) is 29.0 Å². The SMILES string of the molecule is COc1cccc2c(C(N)=O)nc(-c3cccc(C#C[C@H](O)c4ncc(C)o4)c3)nc12. The number of benzene rings is 2. The molecule has 0 saturated carbocycles. The van der Waals surface area contributed by atoms with Crippen LogP contribution in [0.3, 0.4) is 0 Å². The Bertz CT molecular complexity index is 1350. The molecule has 0 radical (unpaired) electrons. The fourth-order valence-electron chi connectivity index (χ4n) is 3.06. The standard InChI is InChI=1S/C23H18N4O4/c1-13-12-25-23(31-13)17(28)10-9-14-5-3-6-15(11-14)22-26-19-16(20(27-22)21(24)29)7-4-8-18(19)30-2/h3-8,11-12,17,28H,1-2H3,(H2,24,29)/t17-/m0/s1. The lowest BCUT2D eigenvalue weighted by Crippen LogP contribution is -2.15. The van der Waals surface area contributed by atoms with Gasteiger partial charge in [-0.2, -0.15) is 0 Å². The highest BCUT2D eigenvalue weighted by atomic mass is 16.5. The summed E-state index contributed by atoms with van der Waals surface area (Å²) in [5.41, 5.74) is 7.38. The van der Waals surface area contributed by atoms with E-state index in [1.807, 2.05) is 0 Å². The molecule has 1 amide bonds. The van der Waals surface area contributed by atoms with Gasteiger partial charge in [-0.1, -0.05) is 36.1 Å². The summed E-state index contributed by atoms with van der Waals surface area (Å²) in [6, 6.07) is 12.3. The second-order valence-electron chi connectivity index (χ2n) is 6.68. The van der Waals surface area contributed by atoms with Crippen molar-refractivity contribution in [1.82, 2.24) is 15.0 Å². The summed E-state index contributed by atoms with van der Waals surface area (Å²) in [6.45, 7) is 1.74. The number of methoxy groups -OCH3 is 1. The summed E-state index contributed by atoms with van der Waals surface area (Å²) in [7, 11) is 1.53. The number of carbonyl (C=O) groups excluding carboxylic acids is 1. The van der Waals surface area contributed by atoms with Gasteiger partial charge in [0.25, 0.3) is 5.91 Å². The lowest BCUT2D eigenvalue weighted by Gasteiger charge is -2.09. The molecule has 3 N–H and O–H groups in total. The van der Waals surface area contributed by atoms with E-state index in [2.05, 4.69) is 26.8 Å². The van der Waals surface area contributed by atoms with E-state index in [1.54, 1.807) is 49.4 Å². The number of primary amides is 1. The van der Waals surface area contributed by atoms with Crippen LogP contribution < -0.4 is 10.5 Å². The van der Waals surface area contributed by atoms with Crippen LogP contribution in [-0.2, 0) is 0 Å². The molecule has 0 saturated heterocycles. The highest BCUT2D eigenvalue weighted by Gasteiger charge is 2.16. The zero-order chi connectivity index (χ0) is 22.0. The van der Waals surface area contributed by atoms with Gasteiger partial charge in [0.1, 0.15) is 22.7 Å². The molecule has 1 atom stereocenters. The number of nitrogens with two attached hydrogens (primary N) is 1. The van der Waals surface area contributed by atoms with Crippen LogP contribution in [0.25, 0.3) is 22.3 Å². The average molecular weight is 414 g/mol. The Morgan fingerprint density at radius 2 is 2.03 bits per heavy atom. The minimum Gasteiger partial charge on any atom is -0.494 e. The van der Waals surface area contributed by atoms with Crippen LogP contribution in [0, 0.1) is 18.8 Å². The number of nitrogens with zero attached hydrogens (tertiary/aromatic N) is 3. The molecule has 31 heavy (non-hydrogen) atoms. The van der Waals surface area contributed by atoms with E-state index >= 15 is 0 Å². The normalized spacial score (nSPS) is 11.6. The fraction of sp³-hybridized carbons (Fsp3) is 0.130. The molecule has 0 unspecified atom stereocenters. The van der Waals surface area contributed by atoms with E-state index in [1.165, 1.54) is 13.3 Å². The number of rotatable bonds is 4. The van der Waals surface area contributed by atoms with Gasteiger partial charge in [0.05, 0.1) is 13.3 Å². The topological polar surface area (TPSA) is 124 Å². The van der Waals surface area contributed by atoms with Crippen molar-refractivity contribution in [2.24, 2.45) is 5.73 Å². The van der Waals surface area contributed by atoms with Crippen molar-refractivity contribution >= 4 is 16.8 Å². The third-order valence-corrected chi connectivity index (χ3v) is 4.49. The maximum absolute atomic E-state index is 12.0. The summed E-state index contributed by atoms with van der Waals surface area (Å²) in [5.74, 6) is 6.46. The van der Waals surface area contributed by atoms with Crippen LogP contribution in [-0.4, -0.2) is 33.1 Å². The lowest BCUT2D eigenvalue weighted by molar-refractivity contribution is 0.0997. The van der Waals surface area contributed by atoms with Crippen molar-refractivity contribution in [2.75, 3.05) is 7.11 Å². The van der Waals surface area contributed by atoms with Crippen LogP contribution in [0.1, 0.15) is 33.8 Å². The monoisotopic (exact) mass is 414 g/mol. The predicted molar refractivity (Wildman–Crippen MR) is 113 cm³/mol. The quantitative estimate of drug-likeness (QED) is 0.492. The van der Waals surface area contributed by atoms with Crippen LogP contribution in [0.4, 0.5) is 0 Å². The molecule has 2 aromatic heterocycles. The molecule has 8 nitrogen and oxygen atoms in total. The number of ether oxygens (including phenoxy) is 1. The molecule has 154 valence electrons. The Labute approximate surface area is 177 Å². The summed E-state index contributed by atoms with van der Waals surface area (Å²) < 4.78 is 10.7. The first-order valence-electron chi connectivity index (χ1n) is 9.33. The molecule has 2 aromatic carbocycles. The number of hydrogen-bond acceptors (Lipinski definition) is 7. The number of hydrogen-bond donors (Lipinski definition) is 2. The molecule has 0 aliphatic rings. The molecule has 4 aromatic rings. The highest BCUT2D eigenvalue weighted by Crippen LogP contribution is 2.28. The van der Waals surface area contributed by atoms with Gasteiger partial charge in [-0.25, -0.2) is 15.0 Å². The third-order valence-electron chi connectivity index (χ3n) is 4.49. The number of amides is 1. The Morgan fingerprint density at radius 3 is 2.74 bits per heavy atom. The second kappa shape index (κ2) is 8.26. The number of aliphatic hydroxyl groups excluding tert-OH is 1. The molecule has 0 aliphatic carbocycles. The minimum atomic E-state index is -1.15. The van der Waals surface area contributed by atoms with Crippen LogP contribution in [0.15, 0.2) is 53.1 Å². The van der Waals surface area contributed by atoms with E-state index in [0.29, 0.717) is 39.4 Å². The minimum absolute atomic E-state index is 0.102. The van der Waals surface area contributed by atoms with Gasteiger partial charge in [0.2, 0.25) is 5.89 Å². The van der Waals surface area contributed by atoms with Crippen molar-refractivity contribution < 1.29 is 19.1 Å². The molecule has 0 aliphatic heterocycles. The van der Waals surface area contributed by atoms with Gasteiger partial charge in [0, 0.05) is 16.5 Å². The van der Waals surface area contributed by atoms with Crippen molar-refractivity contribution in [1.29, 1.82) is 0 Å². The Kier molecular flexibility index (Phi) is 5.35. The molecule has 0 bridgehead atoms. The number of aromatic nitrogens is 3. The van der Waals surface area contributed by atoms with Crippen LogP contribution in [0.2, 0.25) is 0 Å².